The van der Waals surface area contributed by atoms with Gasteiger partial charge in [0, 0.05) is 11.6 Å². The van der Waals surface area contributed by atoms with E-state index in [0.29, 0.717) is 22.5 Å². The van der Waals surface area contributed by atoms with Gasteiger partial charge in [-0.3, -0.25) is 4.79 Å². The molecular weight excluding hydrogens is 380 g/mol. The molecule has 3 aromatic carbocycles. The van der Waals surface area contributed by atoms with Crippen LogP contribution in [0.2, 0.25) is 0 Å². The van der Waals surface area contributed by atoms with Gasteiger partial charge < -0.3 is 13.9 Å². The first-order valence-corrected chi connectivity index (χ1v) is 9.56. The molecule has 0 N–H and O–H groups in total. The Morgan fingerprint density at radius 1 is 0.933 bits per heavy atom. The fraction of sp³-hybridized carbons (Fsp3) is 0.120. The van der Waals surface area contributed by atoms with Crippen molar-refractivity contribution in [2.45, 2.75) is 13.5 Å². The third-order valence-corrected chi connectivity index (χ3v) is 4.63. The van der Waals surface area contributed by atoms with E-state index < -0.39 is 5.97 Å². The van der Waals surface area contributed by atoms with Crippen LogP contribution in [0, 0.1) is 6.92 Å². The van der Waals surface area contributed by atoms with E-state index in [2.05, 4.69) is 0 Å². The highest BCUT2D eigenvalue weighted by Gasteiger charge is 2.10. The predicted octanol–water partition coefficient (Wildman–Crippen LogP) is 4.89. The van der Waals surface area contributed by atoms with Gasteiger partial charge in [0.25, 0.3) is 0 Å². The lowest BCUT2D eigenvalue weighted by Gasteiger charge is -2.08. The topological polar surface area (TPSA) is 65.7 Å². The number of hydrogen-bond donors (Lipinski definition) is 0. The maximum atomic E-state index is 12.6. The van der Waals surface area contributed by atoms with E-state index in [1.54, 1.807) is 18.2 Å². The fourth-order valence-corrected chi connectivity index (χ4v) is 3.01. The van der Waals surface area contributed by atoms with E-state index in [-0.39, 0.29) is 18.6 Å². The zero-order chi connectivity index (χ0) is 20.9. The fourth-order valence-electron chi connectivity index (χ4n) is 3.01. The molecule has 0 aliphatic carbocycles. The number of hydrogen-bond acceptors (Lipinski definition) is 5. The molecule has 1 heterocycles. The molecule has 0 unspecified atom stereocenters. The molecule has 0 saturated carbocycles. The van der Waals surface area contributed by atoms with Crippen LogP contribution in [-0.2, 0) is 16.1 Å². The average molecular weight is 400 g/mol. The largest absolute Gasteiger partial charge is 0.482 e. The summed E-state index contributed by atoms with van der Waals surface area (Å²) in [6.07, 6.45) is 0. The van der Waals surface area contributed by atoms with Crippen molar-refractivity contribution in [3.05, 3.63) is 100 Å². The molecular formula is C25H20O5. The summed E-state index contributed by atoms with van der Waals surface area (Å²) in [6.45, 7) is 1.94. The Morgan fingerprint density at radius 3 is 2.47 bits per heavy atom. The van der Waals surface area contributed by atoms with E-state index in [9.17, 15) is 9.59 Å². The molecule has 5 heteroatoms. The molecule has 0 atom stereocenters. The number of carbonyl (C=O) groups excluding carboxylic acids is 1. The third-order valence-electron chi connectivity index (χ3n) is 4.63. The van der Waals surface area contributed by atoms with Crippen molar-refractivity contribution in [2.75, 3.05) is 6.61 Å². The minimum Gasteiger partial charge on any atom is -0.482 e. The van der Waals surface area contributed by atoms with Crippen LogP contribution in [0.15, 0.2) is 88.1 Å². The number of ether oxygens (including phenoxy) is 2. The maximum absolute atomic E-state index is 12.6. The standard InChI is InChI=1S/C25H20O5/c1-17-7-9-19(10-8-17)24-14-22(26)21-13-20(11-12-23(21)30-24)28-16-25(27)29-15-18-5-3-2-4-6-18/h2-14H,15-16H2,1H3. The SMILES string of the molecule is Cc1ccc(-c2cc(=O)c3cc(OCC(=O)OCc4ccccc4)ccc3o2)cc1. The van der Waals surface area contributed by atoms with Crippen LogP contribution in [0.5, 0.6) is 5.75 Å². The van der Waals surface area contributed by atoms with Crippen LogP contribution in [0.3, 0.4) is 0 Å². The molecule has 0 fully saturated rings. The van der Waals surface area contributed by atoms with Gasteiger partial charge in [-0.1, -0.05) is 60.2 Å². The van der Waals surface area contributed by atoms with Crippen LogP contribution >= 0.6 is 0 Å². The van der Waals surface area contributed by atoms with Crippen molar-refractivity contribution in [3.63, 3.8) is 0 Å². The summed E-state index contributed by atoms with van der Waals surface area (Å²) in [7, 11) is 0. The Morgan fingerprint density at radius 2 is 1.70 bits per heavy atom. The highest BCUT2D eigenvalue weighted by atomic mass is 16.6. The summed E-state index contributed by atoms with van der Waals surface area (Å²) in [4.78, 5) is 24.5. The molecule has 150 valence electrons. The zero-order valence-electron chi connectivity index (χ0n) is 16.5. The first-order chi connectivity index (χ1) is 14.6. The van der Waals surface area contributed by atoms with Crippen molar-refractivity contribution in [2.24, 2.45) is 0 Å². The van der Waals surface area contributed by atoms with Gasteiger partial charge in [-0.25, -0.2) is 4.79 Å². The van der Waals surface area contributed by atoms with Crippen molar-refractivity contribution < 1.29 is 18.7 Å². The van der Waals surface area contributed by atoms with E-state index in [1.165, 1.54) is 6.07 Å². The lowest BCUT2D eigenvalue weighted by atomic mass is 10.1. The highest BCUT2D eigenvalue weighted by molar-refractivity contribution is 5.80. The normalized spacial score (nSPS) is 10.7. The Hall–Kier alpha value is -3.86. The second-order valence-corrected chi connectivity index (χ2v) is 6.93. The van der Waals surface area contributed by atoms with Crippen molar-refractivity contribution in [1.29, 1.82) is 0 Å². The van der Waals surface area contributed by atoms with E-state index in [0.717, 1.165) is 16.7 Å². The number of rotatable bonds is 6. The first-order valence-electron chi connectivity index (χ1n) is 9.56. The van der Waals surface area contributed by atoms with Crippen LogP contribution < -0.4 is 10.2 Å². The van der Waals surface area contributed by atoms with Crippen molar-refractivity contribution in [3.8, 4) is 17.1 Å². The molecule has 0 spiro atoms. The summed E-state index contributed by atoms with van der Waals surface area (Å²) in [5, 5.41) is 0.390. The van der Waals surface area contributed by atoms with Crippen LogP contribution in [0.1, 0.15) is 11.1 Å². The lowest BCUT2D eigenvalue weighted by Crippen LogP contribution is -2.14. The van der Waals surface area contributed by atoms with Gasteiger partial charge in [-0.05, 0) is 30.7 Å². The van der Waals surface area contributed by atoms with Gasteiger partial charge in [-0.2, -0.15) is 0 Å². The van der Waals surface area contributed by atoms with Gasteiger partial charge in [-0.15, -0.1) is 0 Å². The van der Waals surface area contributed by atoms with Gasteiger partial charge >= 0.3 is 5.97 Å². The van der Waals surface area contributed by atoms with Crippen LogP contribution in [0.4, 0.5) is 0 Å². The molecule has 0 saturated heterocycles. The maximum Gasteiger partial charge on any atom is 0.344 e. The quantitative estimate of drug-likeness (QED) is 0.431. The minimum absolute atomic E-state index is 0.177. The number of esters is 1. The van der Waals surface area contributed by atoms with Crippen LogP contribution in [-0.4, -0.2) is 12.6 Å². The van der Waals surface area contributed by atoms with Gasteiger partial charge in [0.2, 0.25) is 0 Å². The van der Waals surface area contributed by atoms with Crippen molar-refractivity contribution in [1.82, 2.24) is 0 Å². The molecule has 30 heavy (non-hydrogen) atoms. The smallest absolute Gasteiger partial charge is 0.344 e. The molecule has 1 aromatic heterocycles. The number of fused-ring (bicyclic) bond motifs is 1. The molecule has 0 aliphatic rings. The summed E-state index contributed by atoms with van der Waals surface area (Å²) in [5.41, 5.74) is 3.15. The van der Waals surface area contributed by atoms with Gasteiger partial charge in [0.15, 0.2) is 12.0 Å². The second kappa shape index (κ2) is 8.66. The molecule has 5 nitrogen and oxygen atoms in total. The predicted molar refractivity (Wildman–Crippen MR) is 114 cm³/mol. The first kappa shape index (κ1) is 19.5. The second-order valence-electron chi connectivity index (χ2n) is 6.93. The Balaban J connectivity index is 1.45. The summed E-state index contributed by atoms with van der Waals surface area (Å²) < 4.78 is 16.6. The zero-order valence-corrected chi connectivity index (χ0v) is 16.5. The molecule has 4 aromatic rings. The summed E-state index contributed by atoms with van der Waals surface area (Å²) in [5.74, 6) is 0.418. The number of benzene rings is 3. The molecule has 4 rings (SSSR count). The van der Waals surface area contributed by atoms with Crippen molar-refractivity contribution >= 4 is 16.9 Å². The minimum atomic E-state index is -0.485. The van der Waals surface area contributed by atoms with Crippen LogP contribution in [0.25, 0.3) is 22.3 Å². The van der Waals surface area contributed by atoms with Gasteiger partial charge in [0.05, 0.1) is 5.39 Å². The van der Waals surface area contributed by atoms with E-state index in [1.807, 2.05) is 61.5 Å². The summed E-state index contributed by atoms with van der Waals surface area (Å²) in [6, 6.07) is 23.5. The van der Waals surface area contributed by atoms with E-state index >= 15 is 0 Å². The lowest BCUT2D eigenvalue weighted by molar-refractivity contribution is -0.147. The Labute approximate surface area is 173 Å². The van der Waals surface area contributed by atoms with Gasteiger partial charge in [0.1, 0.15) is 23.7 Å². The molecule has 0 bridgehead atoms. The third kappa shape index (κ3) is 4.58. The monoisotopic (exact) mass is 400 g/mol. The Bertz CT molecular complexity index is 1220. The molecule has 0 radical (unpaired) electrons. The molecule has 0 aliphatic heterocycles. The average Bonchev–Trinajstić information content (AvgIpc) is 2.77. The number of carbonyl (C=O) groups is 1. The number of aryl methyl sites for hydroxylation is 1. The van der Waals surface area contributed by atoms with E-state index in [4.69, 9.17) is 13.9 Å². The Kier molecular flexibility index (Phi) is 5.61. The highest BCUT2D eigenvalue weighted by Crippen LogP contribution is 2.25. The molecule has 0 amide bonds. The summed E-state index contributed by atoms with van der Waals surface area (Å²) >= 11 is 0.